The average molecular weight is 455 g/mol. The van der Waals surface area contributed by atoms with Crippen LogP contribution in [-0.4, -0.2) is 40.2 Å². The molecule has 9 heteroatoms. The quantitative estimate of drug-likeness (QED) is 0.419. The van der Waals surface area contributed by atoms with E-state index in [0.29, 0.717) is 23.5 Å². The molecule has 0 aliphatic rings. The Bertz CT molecular complexity index is 1510. The number of para-hydroxylation sites is 1. The van der Waals surface area contributed by atoms with Crippen molar-refractivity contribution in [2.75, 3.05) is 5.32 Å². The molecule has 4 heterocycles. The highest BCUT2D eigenvalue weighted by molar-refractivity contribution is 6.13. The number of aryl methyl sites for hydroxylation is 2. The van der Waals surface area contributed by atoms with Crippen LogP contribution in [0.3, 0.4) is 0 Å². The first-order valence-corrected chi connectivity index (χ1v) is 11.2. The molecule has 0 atom stereocenters. The molecule has 0 aliphatic heterocycles. The largest absolute Gasteiger partial charge is 0.319 e. The van der Waals surface area contributed by atoms with E-state index in [9.17, 15) is 4.79 Å². The summed E-state index contributed by atoms with van der Waals surface area (Å²) in [5.41, 5.74) is 6.75. The first kappa shape index (κ1) is 21.6. The van der Waals surface area contributed by atoms with Crippen molar-refractivity contribution in [3.63, 3.8) is 0 Å². The number of nitrogens with zero attached hydrogens (tertiary/aromatic N) is 7. The Morgan fingerprint density at radius 2 is 1.85 bits per heavy atom. The summed E-state index contributed by atoms with van der Waals surface area (Å²) < 4.78 is 5.55. The minimum atomic E-state index is -0.212. The van der Waals surface area contributed by atoms with E-state index in [1.54, 1.807) is 21.8 Å². The zero-order valence-corrected chi connectivity index (χ0v) is 19.6. The van der Waals surface area contributed by atoms with Crippen LogP contribution in [0.15, 0.2) is 55.1 Å². The van der Waals surface area contributed by atoms with Gasteiger partial charge in [-0.25, -0.2) is 4.98 Å². The zero-order chi connectivity index (χ0) is 23.8. The van der Waals surface area contributed by atoms with Crippen LogP contribution < -0.4 is 5.32 Å². The van der Waals surface area contributed by atoms with Crippen LogP contribution in [0, 0.1) is 13.8 Å². The van der Waals surface area contributed by atoms with Crippen molar-refractivity contribution in [1.29, 1.82) is 0 Å². The van der Waals surface area contributed by atoms with Crippen LogP contribution in [-0.2, 0) is 20.1 Å². The lowest BCUT2D eigenvalue weighted by atomic mass is 10.0. The van der Waals surface area contributed by atoms with Crippen LogP contribution in [0.1, 0.15) is 34.2 Å². The SMILES string of the molecule is CCn1ncc(Cn2cc(NC(=O)c3cc(-c4cnn(C)c4C)nc4ccccc34)cn2)c1C. The third-order valence-electron chi connectivity index (χ3n) is 6.20. The summed E-state index contributed by atoms with van der Waals surface area (Å²) in [5.74, 6) is -0.212. The highest BCUT2D eigenvalue weighted by Crippen LogP contribution is 2.27. The van der Waals surface area contributed by atoms with E-state index in [2.05, 4.69) is 27.5 Å². The molecule has 0 unspecified atom stereocenters. The maximum Gasteiger partial charge on any atom is 0.256 e. The average Bonchev–Trinajstić information content (AvgIpc) is 3.53. The van der Waals surface area contributed by atoms with Gasteiger partial charge in [0.1, 0.15) is 0 Å². The van der Waals surface area contributed by atoms with E-state index in [1.807, 2.05) is 68.3 Å². The van der Waals surface area contributed by atoms with Crippen molar-refractivity contribution < 1.29 is 4.79 Å². The smallest absolute Gasteiger partial charge is 0.256 e. The standard InChI is InChI=1S/C25H26N8O/c1-5-33-16(2)18(11-28-33)14-32-15-19(12-27-32)29-25(34)21-10-24(22-13-26-31(4)17(22)3)30-23-9-7-6-8-20(21)23/h6-13,15H,5,14H2,1-4H3,(H,29,34). The van der Waals surface area contributed by atoms with Crippen LogP contribution >= 0.6 is 0 Å². The number of anilines is 1. The molecule has 1 aromatic carbocycles. The van der Waals surface area contributed by atoms with E-state index >= 15 is 0 Å². The van der Waals surface area contributed by atoms with Gasteiger partial charge in [-0.15, -0.1) is 0 Å². The van der Waals surface area contributed by atoms with Crippen molar-refractivity contribution in [2.45, 2.75) is 33.9 Å². The summed E-state index contributed by atoms with van der Waals surface area (Å²) in [4.78, 5) is 18.1. The van der Waals surface area contributed by atoms with E-state index in [-0.39, 0.29) is 5.91 Å². The lowest BCUT2D eigenvalue weighted by Gasteiger charge is -2.10. The Hall–Kier alpha value is -4.27. The number of aromatic nitrogens is 7. The summed E-state index contributed by atoms with van der Waals surface area (Å²) >= 11 is 0. The third-order valence-corrected chi connectivity index (χ3v) is 6.20. The highest BCUT2D eigenvalue weighted by atomic mass is 16.1. The molecule has 0 radical (unpaired) electrons. The first-order valence-electron chi connectivity index (χ1n) is 11.2. The Morgan fingerprint density at radius 3 is 2.59 bits per heavy atom. The van der Waals surface area contributed by atoms with Gasteiger partial charge >= 0.3 is 0 Å². The number of hydrogen-bond donors (Lipinski definition) is 1. The fourth-order valence-corrected chi connectivity index (χ4v) is 4.10. The Balaban J connectivity index is 1.44. The van der Waals surface area contributed by atoms with Gasteiger partial charge in [0.2, 0.25) is 0 Å². The topological polar surface area (TPSA) is 95.5 Å². The van der Waals surface area contributed by atoms with Crippen molar-refractivity contribution in [1.82, 2.24) is 34.3 Å². The van der Waals surface area contributed by atoms with Gasteiger partial charge in [-0.2, -0.15) is 15.3 Å². The number of benzene rings is 1. The zero-order valence-electron chi connectivity index (χ0n) is 19.6. The summed E-state index contributed by atoms with van der Waals surface area (Å²) in [6.45, 7) is 7.51. The number of nitrogens with one attached hydrogen (secondary N) is 1. The Kier molecular flexibility index (Phi) is 5.45. The second kappa shape index (κ2) is 8.58. The van der Waals surface area contributed by atoms with E-state index < -0.39 is 0 Å². The maximum absolute atomic E-state index is 13.4. The molecule has 0 spiro atoms. The number of pyridine rings is 1. The minimum absolute atomic E-state index is 0.212. The number of carbonyl (C=O) groups excluding carboxylic acids is 1. The lowest BCUT2D eigenvalue weighted by Crippen LogP contribution is -2.13. The normalized spacial score (nSPS) is 11.3. The van der Waals surface area contributed by atoms with Crippen molar-refractivity contribution in [3.8, 4) is 11.3 Å². The molecule has 1 N–H and O–H groups in total. The third kappa shape index (κ3) is 3.85. The molecule has 5 aromatic rings. The summed E-state index contributed by atoms with van der Waals surface area (Å²) in [5, 5.41) is 16.9. The van der Waals surface area contributed by atoms with E-state index in [0.717, 1.165) is 40.0 Å². The van der Waals surface area contributed by atoms with Gasteiger partial charge < -0.3 is 5.32 Å². The van der Waals surface area contributed by atoms with Gasteiger partial charge in [0, 0.05) is 47.7 Å². The van der Waals surface area contributed by atoms with Crippen molar-refractivity contribution in [3.05, 3.63) is 77.6 Å². The molecule has 0 bridgehead atoms. The number of amides is 1. The molecule has 0 fully saturated rings. The Labute approximate surface area is 197 Å². The molecule has 4 aromatic heterocycles. The predicted octanol–water partition coefficient (Wildman–Crippen LogP) is 3.97. The van der Waals surface area contributed by atoms with Gasteiger partial charge in [0.15, 0.2) is 0 Å². The summed E-state index contributed by atoms with van der Waals surface area (Å²) in [6, 6.07) is 9.48. The summed E-state index contributed by atoms with van der Waals surface area (Å²) in [7, 11) is 1.89. The fraction of sp³-hybridized carbons (Fsp3) is 0.240. The van der Waals surface area contributed by atoms with Gasteiger partial charge in [-0.1, -0.05) is 18.2 Å². The number of carbonyl (C=O) groups is 1. The van der Waals surface area contributed by atoms with Crippen LogP contribution in [0.25, 0.3) is 22.2 Å². The molecule has 172 valence electrons. The predicted molar refractivity (Wildman–Crippen MR) is 131 cm³/mol. The number of rotatable bonds is 6. The molecular formula is C25H26N8O. The second-order valence-corrected chi connectivity index (χ2v) is 8.29. The number of hydrogen-bond acceptors (Lipinski definition) is 5. The molecule has 0 aliphatic carbocycles. The van der Waals surface area contributed by atoms with Gasteiger partial charge in [0.25, 0.3) is 5.91 Å². The Morgan fingerprint density at radius 1 is 1.03 bits per heavy atom. The number of fused-ring (bicyclic) bond motifs is 1. The van der Waals surface area contributed by atoms with Crippen LogP contribution in [0.2, 0.25) is 0 Å². The van der Waals surface area contributed by atoms with Crippen molar-refractivity contribution >= 4 is 22.5 Å². The fourth-order valence-electron chi connectivity index (χ4n) is 4.10. The molecule has 0 saturated carbocycles. The molecule has 0 saturated heterocycles. The van der Waals surface area contributed by atoms with Crippen LogP contribution in [0.5, 0.6) is 0 Å². The van der Waals surface area contributed by atoms with Crippen molar-refractivity contribution in [2.24, 2.45) is 7.05 Å². The second-order valence-electron chi connectivity index (χ2n) is 8.29. The minimum Gasteiger partial charge on any atom is -0.319 e. The first-order chi connectivity index (χ1) is 16.4. The van der Waals surface area contributed by atoms with E-state index in [1.165, 1.54) is 0 Å². The van der Waals surface area contributed by atoms with E-state index in [4.69, 9.17) is 4.98 Å². The molecular weight excluding hydrogens is 428 g/mol. The van der Waals surface area contributed by atoms with Gasteiger partial charge in [0.05, 0.1) is 47.6 Å². The lowest BCUT2D eigenvalue weighted by molar-refractivity contribution is 0.102. The molecule has 9 nitrogen and oxygen atoms in total. The maximum atomic E-state index is 13.4. The summed E-state index contributed by atoms with van der Waals surface area (Å²) in [6.07, 6.45) is 7.13. The molecule has 1 amide bonds. The molecule has 5 rings (SSSR count). The van der Waals surface area contributed by atoms with Gasteiger partial charge in [-0.3, -0.25) is 18.8 Å². The van der Waals surface area contributed by atoms with Gasteiger partial charge in [-0.05, 0) is 32.9 Å². The molecule has 34 heavy (non-hydrogen) atoms. The monoisotopic (exact) mass is 454 g/mol. The highest BCUT2D eigenvalue weighted by Gasteiger charge is 2.17. The van der Waals surface area contributed by atoms with Crippen LogP contribution in [0.4, 0.5) is 5.69 Å².